The van der Waals surface area contributed by atoms with Crippen molar-refractivity contribution in [2.24, 2.45) is 23.2 Å². The molecular formula is C23H39NO4. The minimum atomic E-state index is -0.641. The van der Waals surface area contributed by atoms with E-state index in [4.69, 9.17) is 14.2 Å². The van der Waals surface area contributed by atoms with Gasteiger partial charge in [0.2, 0.25) is 0 Å². The molecule has 0 aromatic heterocycles. The SMILES string of the molecule is CNC(C)(CC(C)(C)C)C(=O)OCC1CC2CC1C1OC3(CCCCC3)OC21. The number of hydrogen-bond acceptors (Lipinski definition) is 5. The number of likely N-dealkylation sites (N-methyl/N-ethyl adjacent to an activating group) is 1. The molecule has 5 nitrogen and oxygen atoms in total. The van der Waals surface area contributed by atoms with E-state index in [1.165, 1.54) is 25.7 Å². The molecule has 1 N–H and O–H groups in total. The first-order valence-corrected chi connectivity index (χ1v) is 11.4. The van der Waals surface area contributed by atoms with Gasteiger partial charge in [-0.1, -0.05) is 27.2 Å². The Morgan fingerprint density at radius 3 is 2.39 bits per heavy atom. The molecule has 6 unspecified atom stereocenters. The van der Waals surface area contributed by atoms with Crippen molar-refractivity contribution in [3.63, 3.8) is 0 Å². The number of rotatable bonds is 5. The molecule has 0 amide bonds. The molecule has 5 heteroatoms. The van der Waals surface area contributed by atoms with Crippen molar-refractivity contribution in [3.05, 3.63) is 0 Å². The first-order valence-electron chi connectivity index (χ1n) is 11.4. The summed E-state index contributed by atoms with van der Waals surface area (Å²) in [5.41, 5.74) is -0.586. The third kappa shape index (κ3) is 3.75. The average molecular weight is 394 g/mol. The Morgan fingerprint density at radius 2 is 1.75 bits per heavy atom. The molecule has 1 saturated heterocycles. The van der Waals surface area contributed by atoms with E-state index in [2.05, 4.69) is 26.1 Å². The van der Waals surface area contributed by atoms with Crippen LogP contribution >= 0.6 is 0 Å². The van der Waals surface area contributed by atoms with Gasteiger partial charge in [-0.2, -0.15) is 0 Å². The molecular weight excluding hydrogens is 354 g/mol. The number of esters is 1. The quantitative estimate of drug-likeness (QED) is 0.714. The van der Waals surface area contributed by atoms with Crippen molar-refractivity contribution in [1.82, 2.24) is 5.32 Å². The van der Waals surface area contributed by atoms with E-state index in [-0.39, 0.29) is 29.4 Å². The molecule has 3 aliphatic carbocycles. The van der Waals surface area contributed by atoms with Crippen molar-refractivity contribution in [2.75, 3.05) is 13.7 Å². The number of ether oxygens (including phenoxy) is 3. The normalized spacial score (nSPS) is 38.4. The summed E-state index contributed by atoms with van der Waals surface area (Å²) in [5, 5.41) is 3.20. The maximum Gasteiger partial charge on any atom is 0.326 e. The van der Waals surface area contributed by atoms with E-state index in [1.54, 1.807) is 0 Å². The lowest BCUT2D eigenvalue weighted by Crippen LogP contribution is -2.51. The topological polar surface area (TPSA) is 56.8 Å². The van der Waals surface area contributed by atoms with Crippen LogP contribution in [0.3, 0.4) is 0 Å². The minimum Gasteiger partial charge on any atom is -0.464 e. The molecule has 2 bridgehead atoms. The Labute approximate surface area is 170 Å². The van der Waals surface area contributed by atoms with Crippen molar-refractivity contribution < 1.29 is 19.0 Å². The number of carbonyl (C=O) groups is 1. The number of carbonyl (C=O) groups excluding carboxylic acids is 1. The molecule has 28 heavy (non-hydrogen) atoms. The molecule has 4 fully saturated rings. The van der Waals surface area contributed by atoms with Crippen LogP contribution in [0, 0.1) is 23.2 Å². The smallest absolute Gasteiger partial charge is 0.326 e. The highest BCUT2D eigenvalue weighted by Gasteiger charge is 2.62. The van der Waals surface area contributed by atoms with Gasteiger partial charge in [0, 0.05) is 12.8 Å². The fraction of sp³-hybridized carbons (Fsp3) is 0.957. The number of nitrogens with one attached hydrogen (secondary N) is 1. The second kappa shape index (κ2) is 7.24. The van der Waals surface area contributed by atoms with E-state index in [9.17, 15) is 4.79 Å². The third-order valence-electron chi connectivity index (χ3n) is 7.63. The van der Waals surface area contributed by atoms with Gasteiger partial charge in [0.05, 0.1) is 18.8 Å². The first-order chi connectivity index (χ1) is 13.1. The molecule has 0 radical (unpaired) electrons. The summed E-state index contributed by atoms with van der Waals surface area (Å²) in [4.78, 5) is 12.9. The van der Waals surface area contributed by atoms with Crippen LogP contribution < -0.4 is 5.32 Å². The zero-order chi connectivity index (χ0) is 20.2. The summed E-state index contributed by atoms with van der Waals surface area (Å²) < 4.78 is 18.9. The van der Waals surface area contributed by atoms with Gasteiger partial charge in [-0.15, -0.1) is 0 Å². The van der Waals surface area contributed by atoms with Gasteiger partial charge in [-0.25, -0.2) is 0 Å². The second-order valence-corrected chi connectivity index (χ2v) is 11.2. The van der Waals surface area contributed by atoms with Crippen LogP contribution in [0.4, 0.5) is 0 Å². The molecule has 1 spiro atoms. The minimum absolute atomic E-state index is 0.0553. The van der Waals surface area contributed by atoms with Crippen LogP contribution in [-0.2, 0) is 19.0 Å². The maximum absolute atomic E-state index is 12.9. The first kappa shape index (κ1) is 20.6. The summed E-state index contributed by atoms with van der Waals surface area (Å²) in [6, 6.07) is 0. The van der Waals surface area contributed by atoms with Crippen molar-refractivity contribution in [1.29, 1.82) is 0 Å². The van der Waals surface area contributed by atoms with E-state index in [0.29, 0.717) is 24.4 Å². The van der Waals surface area contributed by atoms with Crippen LogP contribution in [0.5, 0.6) is 0 Å². The average Bonchev–Trinajstić information content (AvgIpc) is 3.28. The van der Waals surface area contributed by atoms with E-state index < -0.39 is 5.54 Å². The highest BCUT2D eigenvalue weighted by atomic mass is 16.8. The van der Waals surface area contributed by atoms with Crippen LogP contribution in [0.2, 0.25) is 0 Å². The van der Waals surface area contributed by atoms with Gasteiger partial charge in [-0.3, -0.25) is 4.79 Å². The van der Waals surface area contributed by atoms with Gasteiger partial charge in [0.15, 0.2) is 5.79 Å². The number of hydrogen-bond donors (Lipinski definition) is 1. The molecule has 4 rings (SSSR count). The Kier molecular flexibility index (Phi) is 5.33. The lowest BCUT2D eigenvalue weighted by atomic mass is 9.80. The van der Waals surface area contributed by atoms with Crippen LogP contribution in [0.25, 0.3) is 0 Å². The van der Waals surface area contributed by atoms with Gasteiger partial charge in [0.1, 0.15) is 5.54 Å². The van der Waals surface area contributed by atoms with Gasteiger partial charge in [-0.05, 0) is 69.2 Å². The van der Waals surface area contributed by atoms with Crippen LogP contribution in [0.1, 0.15) is 79.1 Å². The van der Waals surface area contributed by atoms with Crippen LogP contribution in [-0.4, -0.2) is 43.2 Å². The lowest BCUT2D eigenvalue weighted by molar-refractivity contribution is -0.203. The zero-order valence-corrected chi connectivity index (χ0v) is 18.4. The van der Waals surface area contributed by atoms with Crippen molar-refractivity contribution in [3.8, 4) is 0 Å². The fourth-order valence-corrected chi connectivity index (χ4v) is 6.41. The molecule has 6 atom stereocenters. The summed E-state index contributed by atoms with van der Waals surface area (Å²) in [5.74, 6) is 1.04. The van der Waals surface area contributed by atoms with Crippen molar-refractivity contribution in [2.45, 2.75) is 103 Å². The molecule has 0 aromatic carbocycles. The Morgan fingerprint density at radius 1 is 1.07 bits per heavy atom. The third-order valence-corrected chi connectivity index (χ3v) is 7.63. The van der Waals surface area contributed by atoms with Crippen LogP contribution in [0.15, 0.2) is 0 Å². The molecule has 4 aliphatic rings. The lowest BCUT2D eigenvalue weighted by Gasteiger charge is -2.35. The van der Waals surface area contributed by atoms with Gasteiger partial charge in [0.25, 0.3) is 0 Å². The Balaban J connectivity index is 1.34. The maximum atomic E-state index is 12.9. The Hall–Kier alpha value is -0.650. The number of fused-ring (bicyclic) bond motifs is 5. The summed E-state index contributed by atoms with van der Waals surface area (Å²) in [7, 11) is 1.85. The molecule has 160 valence electrons. The molecule has 1 aliphatic heterocycles. The van der Waals surface area contributed by atoms with Gasteiger partial charge < -0.3 is 19.5 Å². The molecule has 3 saturated carbocycles. The zero-order valence-electron chi connectivity index (χ0n) is 18.4. The standard InChI is InChI=1S/C23H39NO4/c1-21(2,3)14-22(4,24-5)20(25)26-13-16-11-15-12-17(16)19-18(15)27-23(28-19)9-7-6-8-10-23/h15-19,24H,6-14H2,1-5H3. The van der Waals surface area contributed by atoms with Crippen molar-refractivity contribution >= 4 is 5.97 Å². The fourth-order valence-electron chi connectivity index (χ4n) is 6.41. The van der Waals surface area contributed by atoms with E-state index in [0.717, 1.165) is 25.7 Å². The molecule has 0 aromatic rings. The predicted molar refractivity (Wildman–Crippen MR) is 108 cm³/mol. The molecule has 1 heterocycles. The highest BCUT2D eigenvalue weighted by Crippen LogP contribution is 2.57. The summed E-state index contributed by atoms with van der Waals surface area (Å²) in [6.07, 6.45) is 9.33. The predicted octanol–water partition coefficient (Wildman–Crippen LogP) is 4.04. The monoisotopic (exact) mass is 393 g/mol. The largest absolute Gasteiger partial charge is 0.464 e. The Bertz CT molecular complexity index is 594. The van der Waals surface area contributed by atoms with E-state index >= 15 is 0 Å². The highest BCUT2D eigenvalue weighted by molar-refractivity contribution is 5.80. The van der Waals surface area contributed by atoms with E-state index in [1.807, 2.05) is 14.0 Å². The summed E-state index contributed by atoms with van der Waals surface area (Å²) >= 11 is 0. The van der Waals surface area contributed by atoms with Gasteiger partial charge >= 0.3 is 5.97 Å². The second-order valence-electron chi connectivity index (χ2n) is 11.2. The summed E-state index contributed by atoms with van der Waals surface area (Å²) in [6.45, 7) is 8.94.